The highest BCUT2D eigenvalue weighted by molar-refractivity contribution is 5.85. The molecule has 1 aliphatic rings. The van der Waals surface area contributed by atoms with Gasteiger partial charge in [0.25, 0.3) is 0 Å². The van der Waals surface area contributed by atoms with Gasteiger partial charge in [-0.15, -0.1) is 12.4 Å². The van der Waals surface area contributed by atoms with Gasteiger partial charge in [0, 0.05) is 13.2 Å². The van der Waals surface area contributed by atoms with Crippen molar-refractivity contribution in [1.82, 2.24) is 10.6 Å². The largest absolute Gasteiger partial charge is 0.372 e. The maximum Gasteiger partial charge on any atom is 0.245 e. The summed E-state index contributed by atoms with van der Waals surface area (Å²) in [6.07, 6.45) is 4.45. The number of amides is 1. The lowest BCUT2D eigenvalue weighted by molar-refractivity contribution is -0.125. The van der Waals surface area contributed by atoms with Crippen LogP contribution in [0.4, 0.5) is 0 Å². The van der Waals surface area contributed by atoms with Crippen LogP contribution in [0.1, 0.15) is 32.6 Å². The summed E-state index contributed by atoms with van der Waals surface area (Å²) in [4.78, 5) is 11.3. The molecule has 4 nitrogen and oxygen atoms in total. The normalized spacial score (nSPS) is 18.8. The molecule has 0 aromatic heterocycles. The Kier molecular flexibility index (Phi) is 10.6. The minimum atomic E-state index is 0. The zero-order valence-electron chi connectivity index (χ0n) is 10.7. The first-order valence-electron chi connectivity index (χ1n) is 6.38. The third kappa shape index (κ3) is 8.41. The molecule has 0 saturated carbocycles. The molecule has 1 atom stereocenters. The van der Waals surface area contributed by atoms with Crippen LogP contribution in [0.5, 0.6) is 0 Å². The van der Waals surface area contributed by atoms with Gasteiger partial charge in [-0.1, -0.05) is 13.3 Å². The van der Waals surface area contributed by atoms with Crippen molar-refractivity contribution in [3.63, 3.8) is 0 Å². The van der Waals surface area contributed by atoms with E-state index in [1.54, 1.807) is 0 Å². The molecule has 102 valence electrons. The van der Waals surface area contributed by atoms with Crippen LogP contribution in [0.25, 0.3) is 0 Å². The molecule has 17 heavy (non-hydrogen) atoms. The molecular weight excluding hydrogens is 240 g/mol. The fraction of sp³-hybridized carbons (Fsp3) is 0.917. The molecular formula is C12H25ClN2O2. The molecule has 0 aromatic rings. The van der Waals surface area contributed by atoms with Gasteiger partial charge in [-0.25, -0.2) is 0 Å². The van der Waals surface area contributed by atoms with E-state index < -0.39 is 0 Å². The van der Waals surface area contributed by atoms with E-state index in [0.29, 0.717) is 6.61 Å². The Morgan fingerprint density at radius 2 is 2.35 bits per heavy atom. The third-order valence-corrected chi connectivity index (χ3v) is 2.91. The van der Waals surface area contributed by atoms with Crippen LogP contribution in [-0.2, 0) is 9.53 Å². The van der Waals surface area contributed by atoms with E-state index in [4.69, 9.17) is 4.74 Å². The van der Waals surface area contributed by atoms with E-state index in [1.807, 2.05) is 0 Å². The summed E-state index contributed by atoms with van der Waals surface area (Å²) in [5, 5.41) is 6.22. The number of halogens is 1. The number of ether oxygens (including phenoxy) is 1. The van der Waals surface area contributed by atoms with Crippen molar-refractivity contribution >= 4 is 18.3 Å². The molecule has 1 saturated heterocycles. The van der Waals surface area contributed by atoms with Crippen LogP contribution in [0.15, 0.2) is 0 Å². The number of carbonyl (C=O) groups is 1. The van der Waals surface area contributed by atoms with Gasteiger partial charge in [0.05, 0.1) is 0 Å². The van der Waals surface area contributed by atoms with Crippen LogP contribution in [0, 0.1) is 5.92 Å². The molecule has 1 aliphatic heterocycles. The van der Waals surface area contributed by atoms with Crippen molar-refractivity contribution in [2.45, 2.75) is 32.6 Å². The van der Waals surface area contributed by atoms with Gasteiger partial charge in [0.2, 0.25) is 5.91 Å². The Labute approximate surface area is 110 Å². The molecule has 1 unspecified atom stereocenters. The summed E-state index contributed by atoms with van der Waals surface area (Å²) in [6, 6.07) is 0. The molecule has 1 fully saturated rings. The van der Waals surface area contributed by atoms with Crippen molar-refractivity contribution in [2.75, 3.05) is 32.8 Å². The van der Waals surface area contributed by atoms with Gasteiger partial charge in [-0.2, -0.15) is 0 Å². The highest BCUT2D eigenvalue weighted by atomic mass is 35.5. The predicted octanol–water partition coefficient (Wildman–Crippen LogP) is 1.34. The van der Waals surface area contributed by atoms with Crippen molar-refractivity contribution in [2.24, 2.45) is 5.92 Å². The van der Waals surface area contributed by atoms with E-state index in [-0.39, 0.29) is 24.9 Å². The zero-order chi connectivity index (χ0) is 11.6. The molecule has 2 N–H and O–H groups in total. The molecule has 1 amide bonds. The minimum Gasteiger partial charge on any atom is -0.372 e. The third-order valence-electron chi connectivity index (χ3n) is 2.91. The number of nitrogens with one attached hydrogen (secondary N) is 2. The Balaban J connectivity index is 0.00000256. The number of carbonyl (C=O) groups excluding carboxylic acids is 1. The average Bonchev–Trinajstić information content (AvgIpc) is 2.77. The van der Waals surface area contributed by atoms with E-state index in [9.17, 15) is 4.79 Å². The van der Waals surface area contributed by atoms with E-state index in [1.165, 1.54) is 6.42 Å². The first kappa shape index (κ1) is 16.7. The highest BCUT2D eigenvalue weighted by Crippen LogP contribution is 2.10. The second kappa shape index (κ2) is 10.8. The highest BCUT2D eigenvalue weighted by Gasteiger charge is 2.13. The summed E-state index contributed by atoms with van der Waals surface area (Å²) in [6.45, 7) is 6.02. The van der Waals surface area contributed by atoms with Gasteiger partial charge in [0.15, 0.2) is 0 Å². The van der Waals surface area contributed by atoms with E-state index in [0.717, 1.165) is 44.8 Å². The van der Waals surface area contributed by atoms with Crippen LogP contribution in [0.3, 0.4) is 0 Å². The van der Waals surface area contributed by atoms with Crippen LogP contribution >= 0.6 is 12.4 Å². The average molecular weight is 265 g/mol. The maximum atomic E-state index is 11.3. The molecule has 1 heterocycles. The lowest BCUT2D eigenvalue weighted by Crippen LogP contribution is -2.30. The summed E-state index contributed by atoms with van der Waals surface area (Å²) in [5.41, 5.74) is 0. The molecule has 0 bridgehead atoms. The smallest absolute Gasteiger partial charge is 0.245 e. The Morgan fingerprint density at radius 3 is 3.00 bits per heavy atom. The van der Waals surface area contributed by atoms with Crippen LogP contribution < -0.4 is 10.6 Å². The van der Waals surface area contributed by atoms with Gasteiger partial charge in [0.1, 0.15) is 6.61 Å². The monoisotopic (exact) mass is 264 g/mol. The first-order chi connectivity index (χ1) is 7.83. The van der Waals surface area contributed by atoms with Gasteiger partial charge >= 0.3 is 0 Å². The lowest BCUT2D eigenvalue weighted by atomic mass is 10.1. The quantitative estimate of drug-likeness (QED) is 0.651. The van der Waals surface area contributed by atoms with Crippen LogP contribution in [-0.4, -0.2) is 38.8 Å². The predicted molar refractivity (Wildman–Crippen MR) is 71.6 cm³/mol. The summed E-state index contributed by atoms with van der Waals surface area (Å²) < 4.78 is 5.23. The number of rotatable bonds is 8. The number of hydrogen-bond donors (Lipinski definition) is 2. The number of unbranched alkanes of at least 4 members (excludes halogenated alkanes) is 1. The SMILES string of the molecule is CCCCOCC(=O)NCCC1CCNC1.Cl. The van der Waals surface area contributed by atoms with Crippen molar-refractivity contribution < 1.29 is 9.53 Å². The molecule has 0 radical (unpaired) electrons. The fourth-order valence-electron chi connectivity index (χ4n) is 1.84. The van der Waals surface area contributed by atoms with Crippen molar-refractivity contribution in [3.05, 3.63) is 0 Å². The Bertz CT molecular complexity index is 197. The molecule has 0 aromatic carbocycles. The minimum absolute atomic E-state index is 0. The van der Waals surface area contributed by atoms with Crippen LogP contribution in [0.2, 0.25) is 0 Å². The maximum absolute atomic E-state index is 11.3. The molecule has 0 spiro atoms. The van der Waals surface area contributed by atoms with Crippen molar-refractivity contribution in [3.8, 4) is 0 Å². The second-order valence-electron chi connectivity index (χ2n) is 4.40. The summed E-state index contributed by atoms with van der Waals surface area (Å²) in [7, 11) is 0. The summed E-state index contributed by atoms with van der Waals surface area (Å²) in [5.74, 6) is 0.753. The molecule has 5 heteroatoms. The van der Waals surface area contributed by atoms with E-state index in [2.05, 4.69) is 17.6 Å². The fourth-order valence-corrected chi connectivity index (χ4v) is 1.84. The Morgan fingerprint density at radius 1 is 1.53 bits per heavy atom. The lowest BCUT2D eigenvalue weighted by Gasteiger charge is -2.09. The topological polar surface area (TPSA) is 50.4 Å². The van der Waals surface area contributed by atoms with Gasteiger partial charge in [-0.05, 0) is 38.3 Å². The molecule has 1 rings (SSSR count). The van der Waals surface area contributed by atoms with Gasteiger partial charge in [-0.3, -0.25) is 4.79 Å². The molecule has 0 aliphatic carbocycles. The van der Waals surface area contributed by atoms with Gasteiger partial charge < -0.3 is 15.4 Å². The number of hydrogen-bond acceptors (Lipinski definition) is 3. The Hall–Kier alpha value is -0.320. The summed E-state index contributed by atoms with van der Waals surface area (Å²) >= 11 is 0. The second-order valence-corrected chi connectivity index (χ2v) is 4.40. The first-order valence-corrected chi connectivity index (χ1v) is 6.38. The standard InChI is InChI=1S/C12H24N2O2.ClH/c1-2-3-8-16-10-12(15)14-7-5-11-4-6-13-9-11;/h11,13H,2-10H2,1H3,(H,14,15);1H. The van der Waals surface area contributed by atoms with E-state index >= 15 is 0 Å². The zero-order valence-corrected chi connectivity index (χ0v) is 11.5. The van der Waals surface area contributed by atoms with Crippen molar-refractivity contribution in [1.29, 1.82) is 0 Å².